The number of amides is 3. The van der Waals surface area contributed by atoms with Crippen LogP contribution in [0.25, 0.3) is 0 Å². The fourth-order valence-corrected chi connectivity index (χ4v) is 3.48. The maximum absolute atomic E-state index is 12.2. The first-order valence-corrected chi connectivity index (χ1v) is 8.70. The molecule has 0 bridgehead atoms. The zero-order valence-corrected chi connectivity index (χ0v) is 15.0. The molecular formula is C19H22N4O3. The zero-order valence-electron chi connectivity index (χ0n) is 15.0. The molecule has 2 aliphatic rings. The first-order valence-electron chi connectivity index (χ1n) is 8.70. The first kappa shape index (κ1) is 18.1. The summed E-state index contributed by atoms with van der Waals surface area (Å²) >= 11 is 0. The summed E-state index contributed by atoms with van der Waals surface area (Å²) in [5, 5.41) is 9.38. The van der Waals surface area contributed by atoms with Crippen LogP contribution in [0.5, 0.6) is 0 Å². The molecule has 3 amide bonds. The van der Waals surface area contributed by atoms with Gasteiger partial charge in [0.15, 0.2) is 5.92 Å². The van der Waals surface area contributed by atoms with Gasteiger partial charge in [-0.25, -0.2) is 4.79 Å². The van der Waals surface area contributed by atoms with E-state index in [9.17, 15) is 14.9 Å². The van der Waals surface area contributed by atoms with Gasteiger partial charge >= 0.3 is 6.03 Å². The van der Waals surface area contributed by atoms with Crippen LogP contribution in [0, 0.1) is 23.2 Å². The molecule has 26 heavy (non-hydrogen) atoms. The zero-order chi connectivity index (χ0) is 18.7. The van der Waals surface area contributed by atoms with Crippen molar-refractivity contribution in [1.29, 1.82) is 5.26 Å². The van der Waals surface area contributed by atoms with E-state index in [4.69, 9.17) is 4.74 Å². The second-order valence-electron chi connectivity index (χ2n) is 6.60. The first-order chi connectivity index (χ1) is 12.5. The minimum Gasteiger partial charge on any atom is -0.373 e. The highest BCUT2D eigenvalue weighted by molar-refractivity contribution is 6.19. The number of ether oxygens (including phenoxy) is 1. The van der Waals surface area contributed by atoms with E-state index in [2.05, 4.69) is 4.99 Å². The molecule has 0 radical (unpaired) electrons. The topological polar surface area (TPSA) is 86.0 Å². The van der Waals surface area contributed by atoms with Crippen molar-refractivity contribution in [3.63, 3.8) is 0 Å². The Morgan fingerprint density at radius 2 is 1.96 bits per heavy atom. The summed E-state index contributed by atoms with van der Waals surface area (Å²) in [6, 6.07) is 11.5. The molecule has 2 saturated heterocycles. The number of hydrogen-bond donors (Lipinski definition) is 0. The van der Waals surface area contributed by atoms with E-state index in [1.54, 1.807) is 7.05 Å². The van der Waals surface area contributed by atoms with Crippen molar-refractivity contribution < 1.29 is 14.3 Å². The Bertz CT molecular complexity index is 756. The number of aliphatic imine (C=N–C) groups is 1. The van der Waals surface area contributed by atoms with Crippen molar-refractivity contribution in [2.75, 3.05) is 27.2 Å². The third-order valence-electron chi connectivity index (χ3n) is 4.94. The Labute approximate surface area is 152 Å². The molecule has 3 atom stereocenters. The average Bonchev–Trinajstić information content (AvgIpc) is 2.69. The minimum absolute atomic E-state index is 0.0715. The lowest BCUT2D eigenvalue weighted by atomic mass is 9.89. The van der Waals surface area contributed by atoms with Crippen molar-refractivity contribution in [1.82, 2.24) is 9.80 Å². The Balaban J connectivity index is 1.83. The van der Waals surface area contributed by atoms with Crippen molar-refractivity contribution in [3.05, 3.63) is 35.9 Å². The molecule has 0 aliphatic carbocycles. The van der Waals surface area contributed by atoms with Gasteiger partial charge in [0.25, 0.3) is 5.91 Å². The van der Waals surface area contributed by atoms with Crippen molar-refractivity contribution >= 4 is 17.8 Å². The van der Waals surface area contributed by atoms with E-state index in [0.717, 1.165) is 23.3 Å². The molecule has 7 nitrogen and oxygen atoms in total. The molecule has 0 N–H and O–H groups in total. The summed E-state index contributed by atoms with van der Waals surface area (Å²) in [5.74, 6) is -1.23. The van der Waals surface area contributed by atoms with E-state index < -0.39 is 17.9 Å². The monoisotopic (exact) mass is 354 g/mol. The van der Waals surface area contributed by atoms with Gasteiger partial charge in [-0.05, 0) is 18.4 Å². The van der Waals surface area contributed by atoms with Gasteiger partial charge in [-0.3, -0.25) is 19.6 Å². The van der Waals surface area contributed by atoms with E-state index in [-0.39, 0.29) is 17.9 Å². The summed E-state index contributed by atoms with van der Waals surface area (Å²) in [6.07, 6.45) is 1.81. The number of carbonyl (C=O) groups is 2. The van der Waals surface area contributed by atoms with Crippen LogP contribution in [-0.2, 0) is 9.53 Å². The number of nitriles is 1. The molecule has 0 saturated carbocycles. The van der Waals surface area contributed by atoms with Gasteiger partial charge in [-0.15, -0.1) is 0 Å². The summed E-state index contributed by atoms with van der Waals surface area (Å²) < 4.78 is 5.97. The number of hydrogen-bond acceptors (Lipinski definition) is 5. The molecule has 3 rings (SSSR count). The standard InChI is InChI=1S/C19H22N4O3/c1-22-17(15(11-20)18(24)23(2)19(22)25)21-12-14-9-6-10-26-16(14)13-7-4-3-5-8-13/h3-5,7-8,14-16H,6,9-10,12H2,1-2H3. The van der Waals surface area contributed by atoms with E-state index >= 15 is 0 Å². The highest BCUT2D eigenvalue weighted by Crippen LogP contribution is 2.34. The van der Waals surface area contributed by atoms with Crippen LogP contribution < -0.4 is 0 Å². The Morgan fingerprint density at radius 3 is 2.65 bits per heavy atom. The molecule has 0 aromatic heterocycles. The third-order valence-corrected chi connectivity index (χ3v) is 4.94. The van der Waals surface area contributed by atoms with Crippen LogP contribution in [0.4, 0.5) is 4.79 Å². The van der Waals surface area contributed by atoms with Crippen LogP contribution in [0.1, 0.15) is 24.5 Å². The summed E-state index contributed by atoms with van der Waals surface area (Å²) in [7, 11) is 2.92. The number of imide groups is 1. The Hall–Kier alpha value is -2.72. The predicted molar refractivity (Wildman–Crippen MR) is 95.2 cm³/mol. The SMILES string of the molecule is CN1C(=O)C(C#N)C(=NCC2CCCOC2c2ccccc2)N(C)C1=O. The molecule has 7 heteroatoms. The molecule has 1 aromatic carbocycles. The van der Waals surface area contributed by atoms with Crippen LogP contribution in [-0.4, -0.2) is 54.8 Å². The highest BCUT2D eigenvalue weighted by atomic mass is 16.5. The summed E-state index contributed by atoms with van der Waals surface area (Å²) in [5.41, 5.74) is 1.10. The Kier molecular flexibility index (Phi) is 5.33. The van der Waals surface area contributed by atoms with Crippen LogP contribution in [0.3, 0.4) is 0 Å². The Morgan fingerprint density at radius 1 is 1.23 bits per heavy atom. The second-order valence-corrected chi connectivity index (χ2v) is 6.60. The lowest BCUT2D eigenvalue weighted by Gasteiger charge is -2.34. The normalized spacial score (nSPS) is 28.3. The lowest BCUT2D eigenvalue weighted by Crippen LogP contribution is -2.56. The van der Waals surface area contributed by atoms with Gasteiger partial charge in [0.05, 0.1) is 12.2 Å². The maximum Gasteiger partial charge on any atom is 0.331 e. The quantitative estimate of drug-likeness (QED) is 0.833. The lowest BCUT2D eigenvalue weighted by molar-refractivity contribution is -0.129. The van der Waals surface area contributed by atoms with Crippen molar-refractivity contribution in [3.8, 4) is 6.07 Å². The molecule has 136 valence electrons. The molecular weight excluding hydrogens is 332 g/mol. The number of amidine groups is 1. The maximum atomic E-state index is 12.2. The molecule has 1 aromatic rings. The van der Waals surface area contributed by atoms with E-state index in [0.29, 0.717) is 13.2 Å². The van der Waals surface area contributed by atoms with Crippen molar-refractivity contribution in [2.45, 2.75) is 18.9 Å². The minimum atomic E-state index is -1.05. The van der Waals surface area contributed by atoms with Crippen LogP contribution in [0.2, 0.25) is 0 Å². The highest BCUT2D eigenvalue weighted by Gasteiger charge is 2.41. The fourth-order valence-electron chi connectivity index (χ4n) is 3.48. The van der Waals surface area contributed by atoms with Crippen LogP contribution >= 0.6 is 0 Å². The molecule has 2 heterocycles. The fraction of sp³-hybridized carbons (Fsp3) is 0.474. The second kappa shape index (κ2) is 7.67. The number of nitrogens with zero attached hydrogens (tertiary/aromatic N) is 4. The van der Waals surface area contributed by atoms with Gasteiger partial charge in [0.1, 0.15) is 5.84 Å². The van der Waals surface area contributed by atoms with Gasteiger partial charge in [-0.2, -0.15) is 5.26 Å². The van der Waals surface area contributed by atoms with Gasteiger partial charge in [-0.1, -0.05) is 30.3 Å². The molecule has 2 fully saturated rings. The predicted octanol–water partition coefficient (Wildman–Crippen LogP) is 2.22. The number of urea groups is 1. The van der Waals surface area contributed by atoms with Crippen molar-refractivity contribution in [2.24, 2.45) is 16.8 Å². The number of rotatable bonds is 3. The molecule has 3 unspecified atom stereocenters. The summed E-state index contributed by atoms with van der Waals surface area (Å²) in [4.78, 5) is 31.1. The molecule has 0 spiro atoms. The number of carbonyl (C=O) groups excluding carboxylic acids is 2. The smallest absolute Gasteiger partial charge is 0.331 e. The van der Waals surface area contributed by atoms with E-state index in [1.165, 1.54) is 11.9 Å². The van der Waals surface area contributed by atoms with Gasteiger partial charge in [0, 0.05) is 33.2 Å². The third kappa shape index (κ3) is 3.33. The van der Waals surface area contributed by atoms with E-state index in [1.807, 2.05) is 36.4 Å². The van der Waals surface area contributed by atoms with Gasteiger partial charge < -0.3 is 4.74 Å². The van der Waals surface area contributed by atoms with Crippen LogP contribution in [0.15, 0.2) is 35.3 Å². The molecule has 2 aliphatic heterocycles. The summed E-state index contributed by atoms with van der Waals surface area (Å²) in [6.45, 7) is 1.11. The number of benzene rings is 1. The van der Waals surface area contributed by atoms with Gasteiger partial charge in [0.2, 0.25) is 0 Å². The largest absolute Gasteiger partial charge is 0.373 e. The average molecular weight is 354 g/mol.